The van der Waals surface area contributed by atoms with Gasteiger partial charge in [0, 0.05) is 24.3 Å². The number of ether oxygens (including phenoxy) is 2. The van der Waals surface area contributed by atoms with Crippen LogP contribution >= 0.6 is 18.9 Å². The van der Waals surface area contributed by atoms with E-state index in [0.717, 1.165) is 30.0 Å². The molecule has 1 aromatic carbocycles. The zero-order valence-corrected chi connectivity index (χ0v) is 20.6. The standard InChI is InChI=1S/C19H27N2O8PS2/c1-19(2,3)29-18(22)21(13-30(23,24)25)32(26,27)17-11-15-10-14(4-5-16(15)31-17)12-20-6-8-28-9-7-20/h4-5,10-11H,6-9,12-13H2,1-3H3,(H2,23,24,25). The average Bonchev–Trinajstić information content (AvgIpc) is 3.09. The van der Waals surface area contributed by atoms with Crippen LogP contribution in [0.25, 0.3) is 10.1 Å². The molecule has 1 saturated heterocycles. The van der Waals surface area contributed by atoms with Gasteiger partial charge in [0.05, 0.1) is 13.2 Å². The first-order valence-corrected chi connectivity index (χ1v) is 13.9. The second-order valence-corrected chi connectivity index (χ2v) is 13.3. The maximum absolute atomic E-state index is 13.2. The highest BCUT2D eigenvalue weighted by molar-refractivity contribution is 7.92. The molecule has 0 unspecified atom stereocenters. The molecule has 2 aromatic rings. The summed E-state index contributed by atoms with van der Waals surface area (Å²) >= 11 is 0.925. The van der Waals surface area contributed by atoms with E-state index in [-0.39, 0.29) is 8.51 Å². The lowest BCUT2D eigenvalue weighted by Crippen LogP contribution is -2.41. The maximum atomic E-state index is 13.2. The molecule has 32 heavy (non-hydrogen) atoms. The fraction of sp³-hybridized carbons (Fsp3) is 0.526. The molecule has 0 bridgehead atoms. The number of fused-ring (bicyclic) bond motifs is 1. The van der Waals surface area contributed by atoms with Crippen molar-refractivity contribution in [2.24, 2.45) is 0 Å². The molecular weight excluding hydrogens is 479 g/mol. The largest absolute Gasteiger partial charge is 0.443 e. The Kier molecular flexibility index (Phi) is 7.36. The number of morpholine rings is 1. The molecule has 0 radical (unpaired) electrons. The van der Waals surface area contributed by atoms with Crippen LogP contribution in [-0.2, 0) is 30.6 Å². The number of carbonyl (C=O) groups is 1. The van der Waals surface area contributed by atoms with Crippen molar-refractivity contribution in [2.75, 3.05) is 32.6 Å². The van der Waals surface area contributed by atoms with E-state index in [2.05, 4.69) is 4.90 Å². The number of sulfonamides is 1. The van der Waals surface area contributed by atoms with Crippen LogP contribution in [0.2, 0.25) is 0 Å². The Morgan fingerprint density at radius 3 is 2.50 bits per heavy atom. The molecular formula is C19H27N2O8PS2. The summed E-state index contributed by atoms with van der Waals surface area (Å²) < 4.78 is 48.9. The van der Waals surface area contributed by atoms with Gasteiger partial charge in [0.1, 0.15) is 16.1 Å². The summed E-state index contributed by atoms with van der Waals surface area (Å²) in [6, 6.07) is 7.00. The first-order valence-electron chi connectivity index (χ1n) is 9.87. The minimum absolute atomic E-state index is 0.110. The Morgan fingerprint density at radius 2 is 1.91 bits per heavy atom. The van der Waals surface area contributed by atoms with Crippen molar-refractivity contribution in [1.29, 1.82) is 0 Å². The lowest BCUT2D eigenvalue weighted by atomic mass is 10.1. The average molecular weight is 507 g/mol. The highest BCUT2D eigenvalue weighted by Gasteiger charge is 2.38. The van der Waals surface area contributed by atoms with Crippen LogP contribution in [0.15, 0.2) is 28.5 Å². The minimum atomic E-state index is -4.89. The number of carbonyl (C=O) groups excluding carboxylic acids is 1. The summed E-state index contributed by atoms with van der Waals surface area (Å²) in [5.74, 6) is 0. The molecule has 0 spiro atoms. The SMILES string of the molecule is CC(C)(C)OC(=O)N(CP(=O)(O)O)S(=O)(=O)c1cc2cc(CN3CCOCC3)ccc2s1. The quantitative estimate of drug-likeness (QED) is 0.567. The van der Waals surface area contributed by atoms with Gasteiger partial charge in [-0.25, -0.2) is 4.79 Å². The molecule has 178 valence electrons. The molecule has 0 atom stereocenters. The Balaban J connectivity index is 1.92. The van der Waals surface area contributed by atoms with Crippen molar-refractivity contribution >= 4 is 45.1 Å². The first kappa shape index (κ1) is 25.1. The molecule has 2 N–H and O–H groups in total. The van der Waals surface area contributed by atoms with Gasteiger partial charge >= 0.3 is 13.7 Å². The number of nitrogens with zero attached hydrogens (tertiary/aromatic N) is 2. The van der Waals surface area contributed by atoms with Gasteiger partial charge in [-0.3, -0.25) is 9.46 Å². The van der Waals surface area contributed by atoms with Crippen LogP contribution in [0.3, 0.4) is 0 Å². The molecule has 13 heteroatoms. The van der Waals surface area contributed by atoms with Crippen molar-refractivity contribution in [1.82, 2.24) is 9.21 Å². The van der Waals surface area contributed by atoms with E-state index in [0.29, 0.717) is 29.8 Å². The number of rotatable bonds is 6. The van der Waals surface area contributed by atoms with Gasteiger partial charge in [-0.2, -0.15) is 12.7 Å². The van der Waals surface area contributed by atoms with Gasteiger partial charge in [0.15, 0.2) is 0 Å². The molecule has 2 heterocycles. The molecule has 1 aromatic heterocycles. The van der Waals surface area contributed by atoms with Gasteiger partial charge in [-0.05, 0) is 49.9 Å². The predicted molar refractivity (Wildman–Crippen MR) is 120 cm³/mol. The van der Waals surface area contributed by atoms with E-state index in [1.165, 1.54) is 26.8 Å². The summed E-state index contributed by atoms with van der Waals surface area (Å²) in [5, 5.41) is 0.666. The number of amides is 1. The van der Waals surface area contributed by atoms with Crippen molar-refractivity contribution in [3.63, 3.8) is 0 Å². The van der Waals surface area contributed by atoms with Gasteiger partial charge in [0.25, 0.3) is 10.0 Å². The summed E-state index contributed by atoms with van der Waals surface area (Å²) in [6.45, 7) is 8.25. The minimum Gasteiger partial charge on any atom is -0.443 e. The van der Waals surface area contributed by atoms with Crippen LogP contribution in [0.4, 0.5) is 4.79 Å². The summed E-state index contributed by atoms with van der Waals surface area (Å²) in [4.78, 5) is 33.5. The summed E-state index contributed by atoms with van der Waals surface area (Å²) in [6.07, 6.45) is -2.65. The van der Waals surface area contributed by atoms with Gasteiger partial charge < -0.3 is 19.3 Å². The molecule has 0 aliphatic carbocycles. The van der Waals surface area contributed by atoms with E-state index in [9.17, 15) is 27.6 Å². The molecule has 10 nitrogen and oxygen atoms in total. The van der Waals surface area contributed by atoms with E-state index in [1.54, 1.807) is 6.07 Å². The van der Waals surface area contributed by atoms with Crippen LogP contribution in [-0.4, -0.2) is 71.7 Å². The Hall–Kier alpha value is -1.53. The monoisotopic (exact) mass is 506 g/mol. The number of benzene rings is 1. The van der Waals surface area contributed by atoms with E-state index < -0.39 is 35.6 Å². The molecule has 1 aliphatic rings. The highest BCUT2D eigenvalue weighted by Crippen LogP contribution is 2.39. The second kappa shape index (κ2) is 9.38. The smallest absolute Gasteiger partial charge is 0.424 e. The molecule has 1 aliphatic heterocycles. The third-order valence-electron chi connectivity index (χ3n) is 4.52. The van der Waals surface area contributed by atoms with Crippen LogP contribution in [0.1, 0.15) is 26.3 Å². The Morgan fingerprint density at radius 1 is 1.25 bits per heavy atom. The summed E-state index contributed by atoms with van der Waals surface area (Å²) in [7, 11) is -9.44. The normalized spacial score (nSPS) is 16.3. The van der Waals surface area contributed by atoms with Crippen LogP contribution < -0.4 is 0 Å². The van der Waals surface area contributed by atoms with Gasteiger partial charge in [-0.1, -0.05) is 6.07 Å². The van der Waals surface area contributed by atoms with Crippen molar-refractivity contribution in [3.05, 3.63) is 29.8 Å². The van der Waals surface area contributed by atoms with Crippen molar-refractivity contribution in [2.45, 2.75) is 37.1 Å². The third kappa shape index (κ3) is 6.50. The Bertz CT molecular complexity index is 1130. The number of hydrogen-bond donors (Lipinski definition) is 2. The van der Waals surface area contributed by atoms with E-state index in [1.807, 2.05) is 12.1 Å². The zero-order chi connectivity index (χ0) is 23.7. The number of thiophene rings is 1. The Labute approximate surface area is 190 Å². The van der Waals surface area contributed by atoms with Crippen molar-refractivity contribution < 1.29 is 37.0 Å². The lowest BCUT2D eigenvalue weighted by Gasteiger charge is -2.26. The summed E-state index contributed by atoms with van der Waals surface area (Å²) in [5.41, 5.74) is -0.0470. The predicted octanol–water partition coefficient (Wildman–Crippen LogP) is 2.79. The molecule has 1 amide bonds. The second-order valence-electron chi connectivity index (χ2n) is 8.47. The molecule has 0 saturated carbocycles. The number of hydrogen-bond acceptors (Lipinski definition) is 8. The zero-order valence-electron chi connectivity index (χ0n) is 18.1. The topological polar surface area (TPSA) is 134 Å². The van der Waals surface area contributed by atoms with E-state index in [4.69, 9.17) is 9.47 Å². The fourth-order valence-corrected chi connectivity index (χ4v) is 7.10. The fourth-order valence-electron chi connectivity index (χ4n) is 3.13. The molecule has 1 fully saturated rings. The van der Waals surface area contributed by atoms with Crippen molar-refractivity contribution in [3.8, 4) is 0 Å². The van der Waals surface area contributed by atoms with Gasteiger partial charge in [0.2, 0.25) is 0 Å². The highest BCUT2D eigenvalue weighted by atomic mass is 32.2. The first-order chi connectivity index (χ1) is 14.7. The third-order valence-corrected chi connectivity index (χ3v) is 8.64. The lowest BCUT2D eigenvalue weighted by molar-refractivity contribution is 0.0342. The maximum Gasteiger partial charge on any atom is 0.424 e. The van der Waals surface area contributed by atoms with E-state index >= 15 is 0 Å². The molecule has 3 rings (SSSR count). The van der Waals surface area contributed by atoms with Gasteiger partial charge in [-0.15, -0.1) is 11.3 Å². The van der Waals surface area contributed by atoms with Crippen LogP contribution in [0, 0.1) is 0 Å². The van der Waals surface area contributed by atoms with Crippen LogP contribution in [0.5, 0.6) is 0 Å².